The number of carbonyl (C=O) groups is 1. The maximum absolute atomic E-state index is 13.6. The number of hydrogen-bond acceptors (Lipinski definition) is 7. The van der Waals surface area contributed by atoms with Crippen molar-refractivity contribution in [2.24, 2.45) is 0 Å². The third-order valence-electron chi connectivity index (χ3n) is 6.02. The standard InChI is InChI=1S/C20H19F3N4O4S/c1-30-16(20(21,22)23)12-4-5-13(17-24-6-7-32-17)15-14(12)25-18(31-15)26-8-10-2-3-11(9-26)27(10)19(28)29/h4-7,10-11,16H,2-3,8-9H2,1H3,(H,28,29). The van der Waals surface area contributed by atoms with Crippen molar-refractivity contribution < 1.29 is 32.2 Å². The molecule has 3 atom stereocenters. The summed E-state index contributed by atoms with van der Waals surface area (Å²) in [6.45, 7) is 0.731. The van der Waals surface area contributed by atoms with Crippen LogP contribution in [0.5, 0.6) is 0 Å². The van der Waals surface area contributed by atoms with Crippen LogP contribution in [0, 0.1) is 0 Å². The number of aromatic nitrogens is 2. The summed E-state index contributed by atoms with van der Waals surface area (Å²) in [5, 5.41) is 11.8. The third-order valence-corrected chi connectivity index (χ3v) is 6.82. The zero-order chi connectivity index (χ0) is 22.6. The number of carboxylic acid groups (broad SMARTS) is 1. The fourth-order valence-electron chi connectivity index (χ4n) is 4.69. The Morgan fingerprint density at radius 3 is 2.59 bits per heavy atom. The molecule has 3 aromatic rings. The summed E-state index contributed by atoms with van der Waals surface area (Å²) in [4.78, 5) is 23.5. The van der Waals surface area contributed by atoms with Gasteiger partial charge in [-0.3, -0.25) is 4.90 Å². The number of piperazine rings is 1. The molecule has 5 rings (SSSR count). The molecular weight excluding hydrogens is 449 g/mol. The van der Waals surface area contributed by atoms with Gasteiger partial charge in [0.1, 0.15) is 10.5 Å². The maximum Gasteiger partial charge on any atom is 0.418 e. The molecule has 1 amide bonds. The van der Waals surface area contributed by atoms with E-state index in [9.17, 15) is 23.1 Å². The van der Waals surface area contributed by atoms with Gasteiger partial charge >= 0.3 is 12.3 Å². The Morgan fingerprint density at radius 1 is 1.31 bits per heavy atom. The molecule has 3 unspecified atom stereocenters. The molecule has 0 spiro atoms. The lowest BCUT2D eigenvalue weighted by atomic mass is 10.0. The second-order valence-electron chi connectivity index (χ2n) is 7.85. The fourth-order valence-corrected chi connectivity index (χ4v) is 5.35. The highest BCUT2D eigenvalue weighted by molar-refractivity contribution is 7.13. The van der Waals surface area contributed by atoms with Crippen molar-refractivity contribution in [3.8, 4) is 10.6 Å². The minimum absolute atomic E-state index is 0.0601. The summed E-state index contributed by atoms with van der Waals surface area (Å²) in [7, 11) is 1.00. The average Bonchev–Trinajstić information content (AvgIpc) is 3.46. The first kappa shape index (κ1) is 21.0. The Hall–Kier alpha value is -2.86. The van der Waals surface area contributed by atoms with Crippen molar-refractivity contribution in [3.63, 3.8) is 0 Å². The van der Waals surface area contributed by atoms with Crippen LogP contribution in [-0.2, 0) is 4.74 Å². The number of amides is 1. The number of hydrogen-bond donors (Lipinski definition) is 1. The van der Waals surface area contributed by atoms with Gasteiger partial charge in [0.05, 0.1) is 17.6 Å². The molecule has 1 N–H and O–H groups in total. The maximum atomic E-state index is 13.6. The van der Waals surface area contributed by atoms with Crippen LogP contribution in [0.15, 0.2) is 28.1 Å². The summed E-state index contributed by atoms with van der Waals surface area (Å²) in [6.07, 6.45) is -4.69. The molecular formula is C20H19F3N4O4S. The minimum Gasteiger partial charge on any atom is -0.465 e. The van der Waals surface area contributed by atoms with E-state index in [2.05, 4.69) is 9.97 Å². The molecule has 2 aliphatic rings. The van der Waals surface area contributed by atoms with Gasteiger partial charge in [-0.05, 0) is 18.9 Å². The van der Waals surface area contributed by atoms with Crippen molar-refractivity contribution in [2.45, 2.75) is 37.2 Å². The van der Waals surface area contributed by atoms with E-state index in [1.54, 1.807) is 11.6 Å². The van der Waals surface area contributed by atoms with E-state index < -0.39 is 18.4 Å². The van der Waals surface area contributed by atoms with Crippen molar-refractivity contribution in [1.82, 2.24) is 14.9 Å². The summed E-state index contributed by atoms with van der Waals surface area (Å²) in [5.41, 5.74) is 0.663. The number of ether oxygens (including phenoxy) is 1. The van der Waals surface area contributed by atoms with E-state index in [0.717, 1.165) is 20.0 Å². The molecule has 2 saturated heterocycles. The molecule has 0 saturated carbocycles. The first-order chi connectivity index (χ1) is 15.3. The SMILES string of the molecule is COC(c1ccc(-c2nccs2)c2oc(N3CC4CCC(C3)N4C(=O)O)nc12)C(F)(F)F. The van der Waals surface area contributed by atoms with Crippen molar-refractivity contribution in [3.05, 3.63) is 29.3 Å². The van der Waals surface area contributed by atoms with Crippen LogP contribution in [0.25, 0.3) is 21.7 Å². The average molecular weight is 468 g/mol. The van der Waals surface area contributed by atoms with Crippen LogP contribution in [0.2, 0.25) is 0 Å². The molecule has 2 aliphatic heterocycles. The Bertz CT molecular complexity index is 1140. The van der Waals surface area contributed by atoms with Crippen LogP contribution in [-0.4, -0.2) is 64.5 Å². The summed E-state index contributed by atoms with van der Waals surface area (Å²) >= 11 is 1.34. The van der Waals surface area contributed by atoms with Crippen LogP contribution < -0.4 is 4.90 Å². The first-order valence-electron chi connectivity index (χ1n) is 9.97. The quantitative estimate of drug-likeness (QED) is 0.601. The van der Waals surface area contributed by atoms with E-state index in [4.69, 9.17) is 9.15 Å². The number of alkyl halides is 3. The topological polar surface area (TPSA) is 91.9 Å². The van der Waals surface area contributed by atoms with E-state index in [0.29, 0.717) is 23.7 Å². The molecule has 0 radical (unpaired) electrons. The smallest absolute Gasteiger partial charge is 0.418 e. The predicted octanol–water partition coefficient (Wildman–Crippen LogP) is 4.53. The monoisotopic (exact) mass is 468 g/mol. The predicted molar refractivity (Wildman–Crippen MR) is 110 cm³/mol. The van der Waals surface area contributed by atoms with E-state index in [1.165, 1.54) is 28.4 Å². The molecule has 0 aliphatic carbocycles. The fraction of sp³-hybridized carbons (Fsp3) is 0.450. The van der Waals surface area contributed by atoms with E-state index in [1.807, 2.05) is 4.90 Å². The van der Waals surface area contributed by atoms with Crippen molar-refractivity contribution >= 4 is 34.5 Å². The highest BCUT2D eigenvalue weighted by atomic mass is 32.1. The number of fused-ring (bicyclic) bond motifs is 3. The number of thiazole rings is 1. The normalized spacial score (nSPS) is 22.0. The van der Waals surface area contributed by atoms with Crippen molar-refractivity contribution in [2.75, 3.05) is 25.1 Å². The molecule has 8 nitrogen and oxygen atoms in total. The molecule has 12 heteroatoms. The number of anilines is 1. The van der Waals surface area contributed by atoms with Crippen LogP contribution in [0.1, 0.15) is 24.5 Å². The summed E-state index contributed by atoms with van der Waals surface area (Å²) < 4.78 is 51.7. The summed E-state index contributed by atoms with van der Waals surface area (Å²) in [5.74, 6) is 0. The number of methoxy groups -OCH3 is 1. The van der Waals surface area contributed by atoms with E-state index >= 15 is 0 Å². The highest BCUT2D eigenvalue weighted by Crippen LogP contribution is 2.43. The first-order valence-corrected chi connectivity index (χ1v) is 10.8. The van der Waals surface area contributed by atoms with Gasteiger partial charge < -0.3 is 19.2 Å². The van der Waals surface area contributed by atoms with Crippen LogP contribution >= 0.6 is 11.3 Å². The lowest BCUT2D eigenvalue weighted by molar-refractivity contribution is -0.215. The van der Waals surface area contributed by atoms with Gasteiger partial charge in [-0.1, -0.05) is 6.07 Å². The van der Waals surface area contributed by atoms with Gasteiger partial charge in [-0.25, -0.2) is 9.78 Å². The van der Waals surface area contributed by atoms with Gasteiger partial charge in [0.2, 0.25) is 0 Å². The van der Waals surface area contributed by atoms with Gasteiger partial charge in [-0.2, -0.15) is 18.2 Å². The number of oxazole rings is 1. The van der Waals surface area contributed by atoms with Crippen molar-refractivity contribution in [1.29, 1.82) is 0 Å². The summed E-state index contributed by atoms with van der Waals surface area (Å²) in [6, 6.07) is 2.64. The minimum atomic E-state index is -4.63. The lowest BCUT2D eigenvalue weighted by Crippen LogP contribution is -2.55. The molecule has 2 aromatic heterocycles. The molecule has 2 fully saturated rings. The van der Waals surface area contributed by atoms with Gasteiger partial charge in [0, 0.05) is 37.3 Å². The molecule has 1 aromatic carbocycles. The van der Waals surface area contributed by atoms with Gasteiger partial charge in [0.25, 0.3) is 6.01 Å². The Morgan fingerprint density at radius 2 is 2.03 bits per heavy atom. The van der Waals surface area contributed by atoms with Crippen LogP contribution in [0.4, 0.5) is 24.0 Å². The zero-order valence-corrected chi connectivity index (χ0v) is 17.7. The third kappa shape index (κ3) is 3.37. The second kappa shape index (κ2) is 7.62. The largest absolute Gasteiger partial charge is 0.465 e. The van der Waals surface area contributed by atoms with Gasteiger partial charge in [0.15, 0.2) is 11.7 Å². The highest BCUT2D eigenvalue weighted by Gasteiger charge is 2.45. The Labute approximate surface area is 184 Å². The number of nitrogens with zero attached hydrogens (tertiary/aromatic N) is 4. The Balaban J connectivity index is 1.60. The zero-order valence-electron chi connectivity index (χ0n) is 16.9. The van der Waals surface area contributed by atoms with E-state index in [-0.39, 0.29) is 34.8 Å². The van der Waals surface area contributed by atoms with Gasteiger partial charge in [-0.15, -0.1) is 11.3 Å². The molecule has 4 heterocycles. The van der Waals surface area contributed by atoms with Crippen LogP contribution in [0.3, 0.4) is 0 Å². The number of benzene rings is 1. The lowest BCUT2D eigenvalue weighted by Gasteiger charge is -2.38. The number of halogens is 3. The molecule has 170 valence electrons. The number of rotatable bonds is 4. The molecule has 2 bridgehead atoms. The Kier molecular flexibility index (Phi) is 5.01. The molecule has 32 heavy (non-hydrogen) atoms. The second-order valence-corrected chi connectivity index (χ2v) is 8.75.